The van der Waals surface area contributed by atoms with Crippen molar-refractivity contribution < 1.29 is 19.0 Å². The molecule has 162 valence electrons. The van der Waals surface area contributed by atoms with Crippen molar-refractivity contribution in [2.45, 2.75) is 44.8 Å². The second-order valence-corrected chi connectivity index (χ2v) is 8.73. The highest BCUT2D eigenvalue weighted by atomic mass is 19.1. The lowest BCUT2D eigenvalue weighted by Gasteiger charge is -2.29. The smallest absolute Gasteiger partial charge is 0.260 e. The molecule has 0 radical (unpaired) electrons. The Morgan fingerprint density at radius 3 is 2.94 bits per heavy atom. The van der Waals surface area contributed by atoms with Gasteiger partial charge in [-0.25, -0.2) is 4.39 Å². The number of aliphatic hydroxyl groups is 1. The Morgan fingerprint density at radius 1 is 1.23 bits per heavy atom. The highest BCUT2D eigenvalue weighted by Gasteiger charge is 2.35. The number of aryl methyl sites for hydroxylation is 1. The quantitative estimate of drug-likeness (QED) is 0.728. The number of β-amino-alcohol motifs (C(OH)–C–C–N with tert-alkyl or cyclic N) is 1. The van der Waals surface area contributed by atoms with Crippen LogP contribution in [0.1, 0.15) is 54.5 Å². The maximum Gasteiger partial charge on any atom is 0.260 e. The molecule has 0 saturated carbocycles. The first-order valence-corrected chi connectivity index (χ1v) is 11.1. The number of piperidine rings is 1. The molecule has 1 amide bonds. The van der Waals surface area contributed by atoms with Crippen molar-refractivity contribution in [2.24, 2.45) is 0 Å². The second-order valence-electron chi connectivity index (χ2n) is 8.73. The van der Waals surface area contributed by atoms with Crippen molar-refractivity contribution in [3.8, 4) is 0 Å². The van der Waals surface area contributed by atoms with E-state index in [1.165, 1.54) is 17.7 Å². The van der Waals surface area contributed by atoms with Crippen molar-refractivity contribution in [1.29, 1.82) is 0 Å². The number of hydrogen-bond acceptors (Lipinski definition) is 4. The van der Waals surface area contributed by atoms with Crippen LogP contribution in [-0.2, 0) is 16.0 Å². The maximum atomic E-state index is 13.8. The van der Waals surface area contributed by atoms with Gasteiger partial charge in [0.25, 0.3) is 5.91 Å². The molecule has 6 heteroatoms. The second kappa shape index (κ2) is 8.09. The number of amides is 1. The third-order valence-electron chi connectivity index (χ3n) is 6.47. The molecule has 31 heavy (non-hydrogen) atoms. The van der Waals surface area contributed by atoms with E-state index in [9.17, 15) is 14.3 Å². The molecule has 2 aromatic carbocycles. The summed E-state index contributed by atoms with van der Waals surface area (Å²) >= 11 is 0. The molecule has 0 aromatic heterocycles. The van der Waals surface area contributed by atoms with Gasteiger partial charge < -0.3 is 20.1 Å². The van der Waals surface area contributed by atoms with Crippen molar-refractivity contribution in [3.05, 3.63) is 64.5 Å². The Kier molecular flexibility index (Phi) is 5.28. The maximum absolute atomic E-state index is 13.8. The number of nitrogens with zero attached hydrogens (tertiary/aromatic N) is 1. The van der Waals surface area contributed by atoms with Gasteiger partial charge in [-0.1, -0.05) is 18.2 Å². The summed E-state index contributed by atoms with van der Waals surface area (Å²) in [7, 11) is 0. The number of carbonyl (C=O) groups excluding carboxylic acids is 1. The SMILES string of the molecule is CC1OC(=C2C(=O)Nc3ccc(F)cc32)c2ccc(CCCN3CCCC(O)C3)cc21. The van der Waals surface area contributed by atoms with Gasteiger partial charge in [0.1, 0.15) is 17.7 Å². The summed E-state index contributed by atoms with van der Waals surface area (Å²) in [5.74, 6) is -0.113. The first kappa shape index (κ1) is 20.2. The number of rotatable bonds is 4. The van der Waals surface area contributed by atoms with Crippen LogP contribution in [0.2, 0.25) is 0 Å². The summed E-state index contributed by atoms with van der Waals surface area (Å²) in [5, 5.41) is 12.6. The predicted octanol–water partition coefficient (Wildman–Crippen LogP) is 4.13. The molecule has 1 fully saturated rings. The summed E-state index contributed by atoms with van der Waals surface area (Å²) in [6.45, 7) is 4.80. The fourth-order valence-electron chi connectivity index (χ4n) is 4.91. The Hall–Kier alpha value is -2.70. The lowest BCUT2D eigenvalue weighted by molar-refractivity contribution is -0.110. The van der Waals surface area contributed by atoms with E-state index in [0.717, 1.165) is 56.4 Å². The minimum atomic E-state index is -0.379. The monoisotopic (exact) mass is 422 g/mol. The summed E-state index contributed by atoms with van der Waals surface area (Å²) in [6.07, 6.45) is 3.60. The van der Waals surface area contributed by atoms with Crippen LogP contribution in [0.3, 0.4) is 0 Å². The standard InChI is InChI=1S/C25H27FN2O3/c1-15-20-12-16(4-2-10-28-11-3-5-18(29)14-28)6-8-19(20)24(31-15)23-21-13-17(26)7-9-22(21)27-25(23)30/h6-9,12-13,15,18,29H,2-5,10-11,14H2,1H3,(H,27,30). The average molecular weight is 423 g/mol. The normalized spacial score (nSPS) is 25.2. The van der Waals surface area contributed by atoms with Crippen LogP contribution >= 0.6 is 0 Å². The number of carbonyl (C=O) groups is 1. The number of hydrogen-bond donors (Lipinski definition) is 2. The van der Waals surface area contributed by atoms with Crippen LogP contribution in [-0.4, -0.2) is 41.7 Å². The van der Waals surface area contributed by atoms with Gasteiger partial charge >= 0.3 is 0 Å². The molecule has 0 aliphatic carbocycles. The molecule has 5 nitrogen and oxygen atoms in total. The zero-order valence-corrected chi connectivity index (χ0v) is 17.7. The first-order chi connectivity index (χ1) is 15.0. The van der Waals surface area contributed by atoms with Crippen LogP contribution in [0.15, 0.2) is 36.4 Å². The topological polar surface area (TPSA) is 61.8 Å². The number of halogens is 1. The molecule has 3 heterocycles. The Balaban J connectivity index is 1.37. The largest absolute Gasteiger partial charge is 0.484 e. The lowest BCUT2D eigenvalue weighted by atomic mass is 9.96. The molecule has 1 saturated heterocycles. The zero-order valence-electron chi connectivity index (χ0n) is 17.7. The summed E-state index contributed by atoms with van der Waals surface area (Å²) in [6, 6.07) is 10.6. The molecule has 0 spiro atoms. The Bertz CT molecular complexity index is 1060. The van der Waals surface area contributed by atoms with Crippen molar-refractivity contribution in [1.82, 2.24) is 4.90 Å². The Morgan fingerprint density at radius 2 is 2.10 bits per heavy atom. The van der Waals surface area contributed by atoms with E-state index >= 15 is 0 Å². The fraction of sp³-hybridized carbons (Fsp3) is 0.400. The molecule has 3 aliphatic heterocycles. The highest BCUT2D eigenvalue weighted by Crippen LogP contribution is 2.45. The number of likely N-dealkylation sites (tertiary alicyclic amines) is 1. The summed E-state index contributed by atoms with van der Waals surface area (Å²) in [5.41, 5.74) is 4.76. The van der Waals surface area contributed by atoms with Gasteiger partial charge in [-0.2, -0.15) is 0 Å². The molecule has 2 unspecified atom stereocenters. The van der Waals surface area contributed by atoms with E-state index in [1.807, 2.05) is 13.0 Å². The van der Waals surface area contributed by atoms with E-state index < -0.39 is 0 Å². The molecular weight excluding hydrogens is 395 g/mol. The molecular formula is C25H27FN2O3. The van der Waals surface area contributed by atoms with Crippen LogP contribution in [0, 0.1) is 5.82 Å². The minimum Gasteiger partial charge on any atom is -0.484 e. The third-order valence-corrected chi connectivity index (χ3v) is 6.47. The van der Waals surface area contributed by atoms with Crippen molar-refractivity contribution in [3.63, 3.8) is 0 Å². The van der Waals surface area contributed by atoms with E-state index in [1.54, 1.807) is 6.07 Å². The summed E-state index contributed by atoms with van der Waals surface area (Å²) < 4.78 is 19.9. The van der Waals surface area contributed by atoms with Gasteiger partial charge in [-0.05, 0) is 69.5 Å². The van der Waals surface area contributed by atoms with E-state index in [4.69, 9.17) is 4.74 Å². The number of aliphatic hydroxyl groups excluding tert-OH is 1. The average Bonchev–Trinajstić information content (AvgIpc) is 3.23. The van der Waals surface area contributed by atoms with Gasteiger partial charge in [0.15, 0.2) is 0 Å². The van der Waals surface area contributed by atoms with E-state index in [0.29, 0.717) is 22.6 Å². The molecule has 0 bridgehead atoms. The molecule has 5 rings (SSSR count). The number of anilines is 1. The van der Waals surface area contributed by atoms with Crippen LogP contribution < -0.4 is 5.32 Å². The highest BCUT2D eigenvalue weighted by molar-refractivity contribution is 6.36. The first-order valence-electron chi connectivity index (χ1n) is 11.1. The molecule has 3 aliphatic rings. The molecule has 2 aromatic rings. The van der Waals surface area contributed by atoms with Crippen LogP contribution in [0.4, 0.5) is 10.1 Å². The van der Waals surface area contributed by atoms with Crippen LogP contribution in [0.5, 0.6) is 0 Å². The van der Waals surface area contributed by atoms with Gasteiger partial charge in [-0.15, -0.1) is 0 Å². The van der Waals surface area contributed by atoms with Crippen LogP contribution in [0.25, 0.3) is 11.3 Å². The zero-order chi connectivity index (χ0) is 21.5. The van der Waals surface area contributed by atoms with Gasteiger partial charge in [0.2, 0.25) is 0 Å². The van der Waals surface area contributed by atoms with E-state index in [2.05, 4.69) is 22.3 Å². The van der Waals surface area contributed by atoms with Gasteiger partial charge in [-0.3, -0.25) is 4.79 Å². The van der Waals surface area contributed by atoms with E-state index in [-0.39, 0.29) is 23.9 Å². The van der Waals surface area contributed by atoms with Gasteiger partial charge in [0, 0.05) is 28.9 Å². The fourth-order valence-corrected chi connectivity index (χ4v) is 4.91. The Labute approximate surface area is 181 Å². The van der Waals surface area contributed by atoms with Crippen molar-refractivity contribution in [2.75, 3.05) is 25.0 Å². The molecule has 2 atom stereocenters. The number of fused-ring (bicyclic) bond motifs is 2. The summed E-state index contributed by atoms with van der Waals surface area (Å²) in [4.78, 5) is 15.0. The number of ether oxygens (including phenoxy) is 1. The predicted molar refractivity (Wildman–Crippen MR) is 118 cm³/mol. The molecule has 2 N–H and O–H groups in total. The lowest BCUT2D eigenvalue weighted by Crippen LogP contribution is -2.38. The van der Waals surface area contributed by atoms with Crippen molar-refractivity contribution >= 4 is 22.9 Å². The van der Waals surface area contributed by atoms with Gasteiger partial charge in [0.05, 0.1) is 11.7 Å². The third kappa shape index (κ3) is 3.86. The minimum absolute atomic E-state index is 0.167. The number of nitrogens with one attached hydrogen (secondary N) is 1. The number of benzene rings is 2.